The summed E-state index contributed by atoms with van der Waals surface area (Å²) in [6.45, 7) is 5.38. The second kappa shape index (κ2) is 36.8. The fourth-order valence-corrected chi connectivity index (χ4v) is 0. The van der Waals surface area contributed by atoms with E-state index in [-0.39, 0.29) is 18.2 Å². The van der Waals surface area contributed by atoms with Gasteiger partial charge in [0.25, 0.3) is 0 Å². The van der Waals surface area contributed by atoms with Crippen molar-refractivity contribution in [1.82, 2.24) is 0 Å². The van der Waals surface area contributed by atoms with E-state index in [4.69, 9.17) is 15.3 Å². The average molecular weight is 156 g/mol. The molecule has 0 aliphatic carbocycles. The van der Waals surface area contributed by atoms with Crippen LogP contribution in [0.15, 0.2) is 0 Å². The summed E-state index contributed by atoms with van der Waals surface area (Å²) in [5.74, 6) is 0. The Hall–Kier alpha value is -0.160. The van der Waals surface area contributed by atoms with Gasteiger partial charge in [-0.25, -0.2) is 0 Å². The van der Waals surface area contributed by atoms with Crippen molar-refractivity contribution in [2.75, 3.05) is 13.7 Å². The van der Waals surface area contributed by atoms with Gasteiger partial charge < -0.3 is 20.8 Å². The van der Waals surface area contributed by atoms with Crippen molar-refractivity contribution in [3.8, 4) is 0 Å². The molecule has 0 heterocycles. The van der Waals surface area contributed by atoms with E-state index in [2.05, 4.69) is 0 Å². The Bertz CT molecular complexity index is 21.0. The molecule has 4 heteroatoms. The lowest BCUT2D eigenvalue weighted by atomic mass is 10.5. The molecule has 4 nitrogen and oxygen atoms in total. The minimum Gasteiger partial charge on any atom is -0.412 e. The van der Waals surface area contributed by atoms with Crippen LogP contribution >= 0.6 is 0 Å². The molecule has 0 aromatic rings. The normalized spacial score (nSPS) is 6.00. The summed E-state index contributed by atoms with van der Waals surface area (Å²) in [7, 11) is 1.00. The fourth-order valence-electron chi connectivity index (χ4n) is 0. The molecule has 0 amide bonds. The van der Waals surface area contributed by atoms with Gasteiger partial charge in [0, 0.05) is 19.8 Å². The molecule has 0 saturated carbocycles. The average Bonchev–Trinajstić information content (AvgIpc) is 1.71. The Balaban J connectivity index is -0.0000000273. The van der Waals surface area contributed by atoms with Crippen LogP contribution in [0.2, 0.25) is 0 Å². The van der Waals surface area contributed by atoms with Gasteiger partial charge in [0.05, 0.1) is 0 Å². The third-order valence-electron chi connectivity index (χ3n) is 0. The number of aliphatic hydroxyl groups excluding tert-OH is 3. The van der Waals surface area contributed by atoms with Crippen LogP contribution in [0.1, 0.15) is 20.8 Å². The highest BCUT2D eigenvalue weighted by Gasteiger charge is 1.69. The van der Waals surface area contributed by atoms with Gasteiger partial charge in [-0.3, -0.25) is 0 Å². The van der Waals surface area contributed by atoms with E-state index in [0.29, 0.717) is 0 Å². The van der Waals surface area contributed by atoms with Gasteiger partial charge in [0.1, 0.15) is 0 Å². The van der Waals surface area contributed by atoms with Gasteiger partial charge in [-0.1, -0.05) is 0 Å². The highest BCUT2D eigenvalue weighted by Crippen LogP contribution is 1.65. The largest absolute Gasteiger partial charge is 0.412 e. The molecule has 0 aliphatic heterocycles. The minimum atomic E-state index is -0.167. The zero-order chi connectivity index (χ0) is 8.28. The van der Waals surface area contributed by atoms with Crippen molar-refractivity contribution in [2.24, 2.45) is 0 Å². The van der Waals surface area contributed by atoms with E-state index in [1.165, 1.54) is 0 Å². The van der Waals surface area contributed by atoms with Gasteiger partial charge in [0.2, 0.25) is 0 Å². The molecule has 0 rings (SSSR count). The highest BCUT2D eigenvalue weighted by atomic mass is 16.3. The maximum atomic E-state index is 8.06. The number of hydrogen-bond donors (Lipinski definition) is 3. The highest BCUT2D eigenvalue weighted by molar-refractivity contribution is 4.20. The molecule has 0 aromatic heterocycles. The Kier molecular flexibility index (Phi) is 83.1. The Morgan fingerprint density at radius 3 is 1.20 bits per heavy atom. The topological polar surface area (TPSA) is 92.2 Å². The third kappa shape index (κ3) is 14300. The van der Waals surface area contributed by atoms with Crippen molar-refractivity contribution in [2.45, 2.75) is 26.9 Å². The molecule has 0 unspecified atom stereocenters. The standard InChI is InChI=1S/C3H8O.C2H6O.CH4O.H2O/c1-3(2)4;1-2-3;1-2;/h3-4H,1-2H3;3H,2H2,1H3;2H,1H3;1H2. The van der Waals surface area contributed by atoms with Gasteiger partial charge in [0.15, 0.2) is 0 Å². The van der Waals surface area contributed by atoms with Crippen LogP contribution in [0.3, 0.4) is 0 Å². The summed E-state index contributed by atoms with van der Waals surface area (Å²) in [5, 5.41) is 22.6. The smallest absolute Gasteiger partial charge is 0.0483 e. The first-order valence-electron chi connectivity index (χ1n) is 2.88. The van der Waals surface area contributed by atoms with Crippen LogP contribution in [-0.4, -0.2) is 40.6 Å². The van der Waals surface area contributed by atoms with Gasteiger partial charge in [-0.05, 0) is 20.8 Å². The Labute approximate surface area is 62.4 Å². The summed E-state index contributed by atoms with van der Waals surface area (Å²) >= 11 is 0. The first kappa shape index (κ1) is 22.5. The van der Waals surface area contributed by atoms with Crippen LogP contribution in [0.4, 0.5) is 0 Å². The van der Waals surface area contributed by atoms with Crippen LogP contribution in [0.5, 0.6) is 0 Å². The molecule has 0 bridgehead atoms. The molecule has 5 N–H and O–H groups in total. The molecule has 0 aliphatic rings. The van der Waals surface area contributed by atoms with Crippen LogP contribution in [0, 0.1) is 0 Å². The van der Waals surface area contributed by atoms with E-state index >= 15 is 0 Å². The molecular formula is C6H20O4. The van der Waals surface area contributed by atoms with E-state index in [0.717, 1.165) is 7.11 Å². The van der Waals surface area contributed by atoms with Gasteiger partial charge >= 0.3 is 0 Å². The van der Waals surface area contributed by atoms with Crippen molar-refractivity contribution < 1.29 is 20.8 Å². The second-order valence-corrected chi connectivity index (χ2v) is 1.41. The molecular weight excluding hydrogens is 136 g/mol. The molecule has 0 atom stereocenters. The molecule has 0 spiro atoms. The third-order valence-corrected chi connectivity index (χ3v) is 0. The lowest BCUT2D eigenvalue weighted by Crippen LogP contribution is -1.85. The zero-order valence-corrected chi connectivity index (χ0v) is 7.13. The van der Waals surface area contributed by atoms with Crippen LogP contribution in [0.25, 0.3) is 0 Å². The molecule has 68 valence electrons. The Morgan fingerprint density at radius 1 is 1.20 bits per heavy atom. The first-order chi connectivity index (χ1) is 4.15. The predicted molar refractivity (Wildman–Crippen MR) is 41.9 cm³/mol. The number of rotatable bonds is 0. The molecule has 0 aromatic carbocycles. The summed E-state index contributed by atoms with van der Waals surface area (Å²) < 4.78 is 0. The molecule has 0 radical (unpaired) electrons. The number of aliphatic hydroxyl groups is 3. The van der Waals surface area contributed by atoms with Crippen molar-refractivity contribution >= 4 is 0 Å². The van der Waals surface area contributed by atoms with E-state index in [1.54, 1.807) is 20.8 Å². The minimum absolute atomic E-state index is 0. The summed E-state index contributed by atoms with van der Waals surface area (Å²) in [4.78, 5) is 0. The van der Waals surface area contributed by atoms with Crippen LogP contribution < -0.4 is 0 Å². The maximum absolute atomic E-state index is 8.06. The summed E-state index contributed by atoms with van der Waals surface area (Å²) in [6, 6.07) is 0. The van der Waals surface area contributed by atoms with Crippen molar-refractivity contribution in [3.63, 3.8) is 0 Å². The van der Waals surface area contributed by atoms with Crippen molar-refractivity contribution in [3.05, 3.63) is 0 Å². The van der Waals surface area contributed by atoms with E-state index in [9.17, 15) is 0 Å². The monoisotopic (exact) mass is 156 g/mol. The SMILES string of the molecule is CC(C)O.CCO.CO.O. The number of hydrogen-bond acceptors (Lipinski definition) is 3. The predicted octanol–water partition coefficient (Wildman–Crippen LogP) is -0.830. The van der Waals surface area contributed by atoms with E-state index < -0.39 is 0 Å². The quantitative estimate of drug-likeness (QED) is 0.427. The van der Waals surface area contributed by atoms with Gasteiger partial charge in [-0.2, -0.15) is 0 Å². The Morgan fingerprint density at radius 2 is 1.20 bits per heavy atom. The van der Waals surface area contributed by atoms with Gasteiger partial charge in [-0.15, -0.1) is 0 Å². The maximum Gasteiger partial charge on any atom is 0.0483 e. The fraction of sp³-hybridized carbons (Fsp3) is 1.00. The van der Waals surface area contributed by atoms with Crippen molar-refractivity contribution in [1.29, 1.82) is 0 Å². The second-order valence-electron chi connectivity index (χ2n) is 1.41. The molecule has 0 fully saturated rings. The van der Waals surface area contributed by atoms with E-state index in [1.807, 2.05) is 0 Å². The van der Waals surface area contributed by atoms with Crippen LogP contribution in [-0.2, 0) is 0 Å². The first-order valence-corrected chi connectivity index (χ1v) is 2.88. The summed E-state index contributed by atoms with van der Waals surface area (Å²) in [5.41, 5.74) is 0. The lowest BCUT2D eigenvalue weighted by molar-refractivity contribution is 0.216. The molecule has 0 saturated heterocycles. The summed E-state index contributed by atoms with van der Waals surface area (Å²) in [6.07, 6.45) is -0.167. The molecule has 10 heavy (non-hydrogen) atoms. The zero-order valence-electron chi connectivity index (χ0n) is 7.13. The lowest BCUT2D eigenvalue weighted by Gasteiger charge is -1.80.